The molecule has 2 saturated carbocycles. The van der Waals surface area contributed by atoms with E-state index >= 15 is 0 Å². The van der Waals surface area contributed by atoms with E-state index in [-0.39, 0.29) is 0 Å². The van der Waals surface area contributed by atoms with Crippen LogP contribution >= 0.6 is 43.2 Å². The van der Waals surface area contributed by atoms with Gasteiger partial charge >= 0.3 is 0 Å². The number of halogens is 2. The Morgan fingerprint density at radius 2 is 1.95 bits per heavy atom. The lowest BCUT2D eigenvalue weighted by molar-refractivity contribution is 0.245. The van der Waals surface area contributed by atoms with Gasteiger partial charge in [0, 0.05) is 15.4 Å². The molecule has 2 aliphatic rings. The molecular formula is C16H23Br2NS. The lowest BCUT2D eigenvalue weighted by Crippen LogP contribution is -2.26. The summed E-state index contributed by atoms with van der Waals surface area (Å²) in [5.41, 5.74) is 0.630. The number of thiophene rings is 1. The molecule has 3 rings (SSSR count). The van der Waals surface area contributed by atoms with Gasteiger partial charge < -0.3 is 5.32 Å². The third-order valence-corrected chi connectivity index (χ3v) is 8.24. The molecule has 0 spiro atoms. The van der Waals surface area contributed by atoms with Crippen molar-refractivity contribution in [3.63, 3.8) is 0 Å². The fourth-order valence-electron chi connectivity index (χ4n) is 3.48. The smallest absolute Gasteiger partial charge is 0.0843 e. The topological polar surface area (TPSA) is 12.0 Å². The van der Waals surface area contributed by atoms with Crippen molar-refractivity contribution in [3.05, 3.63) is 19.2 Å². The molecule has 2 aliphatic carbocycles. The predicted octanol–water partition coefficient (Wildman–Crippen LogP) is 5.91. The first-order chi connectivity index (χ1) is 9.67. The Morgan fingerprint density at radius 3 is 2.55 bits per heavy atom. The molecule has 0 atom stereocenters. The summed E-state index contributed by atoms with van der Waals surface area (Å²) in [6, 6.07) is 3.15. The highest BCUT2D eigenvalue weighted by Crippen LogP contribution is 2.45. The van der Waals surface area contributed by atoms with Crippen LogP contribution in [0.2, 0.25) is 0 Å². The minimum Gasteiger partial charge on any atom is -0.314 e. The molecule has 1 nitrogen and oxygen atoms in total. The van der Waals surface area contributed by atoms with E-state index in [0.29, 0.717) is 5.41 Å². The van der Waals surface area contributed by atoms with Gasteiger partial charge in [-0.3, -0.25) is 0 Å². The van der Waals surface area contributed by atoms with Crippen LogP contribution in [0.25, 0.3) is 0 Å². The molecule has 112 valence electrons. The summed E-state index contributed by atoms with van der Waals surface area (Å²) in [7, 11) is 0. The molecule has 0 unspecified atom stereocenters. The molecule has 1 heterocycles. The van der Waals surface area contributed by atoms with E-state index in [9.17, 15) is 0 Å². The number of aryl methyl sites for hydroxylation is 1. The lowest BCUT2D eigenvalue weighted by Gasteiger charge is -2.29. The van der Waals surface area contributed by atoms with Crippen LogP contribution in [0.3, 0.4) is 0 Å². The third-order valence-electron chi connectivity index (χ3n) is 4.93. The summed E-state index contributed by atoms with van der Waals surface area (Å²) in [5.74, 6) is 0. The zero-order chi connectivity index (χ0) is 14.0. The second-order valence-corrected chi connectivity index (χ2v) is 9.83. The highest BCUT2D eigenvalue weighted by Gasteiger charge is 2.33. The van der Waals surface area contributed by atoms with E-state index in [4.69, 9.17) is 0 Å². The first-order valence-corrected chi connectivity index (χ1v) is 10.2. The first-order valence-electron chi connectivity index (χ1n) is 7.84. The molecule has 0 saturated heterocycles. The average Bonchev–Trinajstić information content (AvgIpc) is 3.03. The van der Waals surface area contributed by atoms with Gasteiger partial charge in [0.15, 0.2) is 0 Å². The van der Waals surface area contributed by atoms with Crippen molar-refractivity contribution in [2.45, 2.75) is 63.8 Å². The van der Waals surface area contributed by atoms with Crippen LogP contribution < -0.4 is 5.32 Å². The van der Waals surface area contributed by atoms with Gasteiger partial charge in [-0.15, -0.1) is 11.3 Å². The van der Waals surface area contributed by atoms with E-state index in [2.05, 4.69) is 43.2 Å². The van der Waals surface area contributed by atoms with Crippen molar-refractivity contribution >= 4 is 43.2 Å². The van der Waals surface area contributed by atoms with E-state index < -0.39 is 0 Å². The maximum atomic E-state index is 3.71. The molecule has 0 amide bonds. The molecule has 20 heavy (non-hydrogen) atoms. The van der Waals surface area contributed by atoms with Gasteiger partial charge in [-0.05, 0) is 94.8 Å². The summed E-state index contributed by atoms with van der Waals surface area (Å²) in [6.45, 7) is 1.24. The molecule has 1 aromatic rings. The summed E-state index contributed by atoms with van der Waals surface area (Å²) in [5, 5.41) is 3.71. The Bertz CT molecular complexity index is 428. The summed E-state index contributed by atoms with van der Waals surface area (Å²) >= 11 is 9.10. The zero-order valence-corrected chi connectivity index (χ0v) is 15.9. The van der Waals surface area contributed by atoms with E-state index in [1.165, 1.54) is 77.5 Å². The van der Waals surface area contributed by atoms with Crippen molar-refractivity contribution in [2.75, 3.05) is 6.54 Å². The normalized spacial score (nSPS) is 21.5. The second-order valence-electron chi connectivity index (χ2n) is 6.52. The van der Waals surface area contributed by atoms with E-state index in [1.54, 1.807) is 0 Å². The number of rotatable bonds is 7. The quantitative estimate of drug-likeness (QED) is 0.578. The van der Waals surface area contributed by atoms with Gasteiger partial charge in [-0.2, -0.15) is 0 Å². The average molecular weight is 421 g/mol. The van der Waals surface area contributed by atoms with E-state index in [0.717, 1.165) is 6.04 Å². The van der Waals surface area contributed by atoms with Crippen molar-refractivity contribution in [2.24, 2.45) is 5.41 Å². The fourth-order valence-corrected chi connectivity index (χ4v) is 5.66. The molecule has 1 N–H and O–H groups in total. The minimum absolute atomic E-state index is 0.630. The van der Waals surface area contributed by atoms with Gasteiger partial charge in [0.25, 0.3) is 0 Å². The van der Waals surface area contributed by atoms with Crippen LogP contribution in [-0.2, 0) is 6.42 Å². The lowest BCUT2D eigenvalue weighted by atomic mass is 9.78. The summed E-state index contributed by atoms with van der Waals surface area (Å²) in [4.78, 5) is 1.52. The Labute approximate surface area is 143 Å². The van der Waals surface area contributed by atoms with Crippen LogP contribution in [0.1, 0.15) is 56.2 Å². The maximum absolute atomic E-state index is 3.71. The molecule has 0 aliphatic heterocycles. The van der Waals surface area contributed by atoms with Gasteiger partial charge in [-0.25, -0.2) is 0 Å². The maximum Gasteiger partial charge on any atom is 0.0843 e. The molecule has 4 heteroatoms. The molecule has 0 bridgehead atoms. The second kappa shape index (κ2) is 6.80. The van der Waals surface area contributed by atoms with Crippen molar-refractivity contribution in [1.82, 2.24) is 5.32 Å². The standard InChI is InChI=1S/C16H23Br2NS/c17-14-11-13(20-15(14)18)5-8-16(6-1-2-7-16)9-10-19-12-3-4-12/h11-12,19H,1-10H2. The highest BCUT2D eigenvalue weighted by atomic mass is 79.9. The Hall–Kier alpha value is 0.620. The van der Waals surface area contributed by atoms with Crippen LogP contribution in [-0.4, -0.2) is 12.6 Å². The number of hydrogen-bond donors (Lipinski definition) is 1. The first kappa shape index (κ1) is 15.5. The largest absolute Gasteiger partial charge is 0.314 e. The Balaban J connectivity index is 1.52. The monoisotopic (exact) mass is 419 g/mol. The van der Waals surface area contributed by atoms with Crippen LogP contribution in [0.15, 0.2) is 14.3 Å². The molecule has 0 radical (unpaired) electrons. The fraction of sp³-hybridized carbons (Fsp3) is 0.750. The van der Waals surface area contributed by atoms with Crippen LogP contribution in [0.5, 0.6) is 0 Å². The van der Waals surface area contributed by atoms with Crippen LogP contribution in [0.4, 0.5) is 0 Å². The van der Waals surface area contributed by atoms with Crippen molar-refractivity contribution < 1.29 is 0 Å². The van der Waals surface area contributed by atoms with Gasteiger partial charge in [0.1, 0.15) is 0 Å². The molecule has 0 aromatic carbocycles. The van der Waals surface area contributed by atoms with Crippen LogP contribution in [0, 0.1) is 5.41 Å². The molecule has 1 aromatic heterocycles. The predicted molar refractivity (Wildman–Crippen MR) is 94.6 cm³/mol. The Morgan fingerprint density at radius 1 is 1.20 bits per heavy atom. The van der Waals surface area contributed by atoms with Gasteiger partial charge in [-0.1, -0.05) is 12.8 Å². The number of nitrogens with one attached hydrogen (secondary N) is 1. The molecular weight excluding hydrogens is 398 g/mol. The van der Waals surface area contributed by atoms with Gasteiger partial charge in [0.2, 0.25) is 0 Å². The summed E-state index contributed by atoms with van der Waals surface area (Å²) in [6.07, 6.45) is 12.6. The van der Waals surface area contributed by atoms with Crippen molar-refractivity contribution in [1.29, 1.82) is 0 Å². The SMILES string of the molecule is Brc1cc(CCC2(CCNC3CC3)CCCC2)sc1Br. The van der Waals surface area contributed by atoms with Crippen molar-refractivity contribution in [3.8, 4) is 0 Å². The third kappa shape index (κ3) is 4.08. The summed E-state index contributed by atoms with van der Waals surface area (Å²) < 4.78 is 2.46. The Kier molecular flexibility index (Phi) is 5.28. The number of hydrogen-bond acceptors (Lipinski definition) is 2. The van der Waals surface area contributed by atoms with E-state index in [1.807, 2.05) is 11.3 Å². The highest BCUT2D eigenvalue weighted by molar-refractivity contribution is 9.13. The molecule has 2 fully saturated rings. The minimum atomic E-state index is 0.630. The van der Waals surface area contributed by atoms with Gasteiger partial charge in [0.05, 0.1) is 3.79 Å². The zero-order valence-electron chi connectivity index (χ0n) is 11.9.